The molecule has 17 heavy (non-hydrogen) atoms. The van der Waals surface area contributed by atoms with Crippen LogP contribution in [-0.2, 0) is 15.1 Å². The van der Waals surface area contributed by atoms with Gasteiger partial charge in [0.2, 0.25) is 0 Å². The third kappa shape index (κ3) is 2.74. The summed E-state index contributed by atoms with van der Waals surface area (Å²) in [5.74, 6) is -0.998. The van der Waals surface area contributed by atoms with Gasteiger partial charge in [0.1, 0.15) is 0 Å². The molecule has 1 N–H and O–H groups in total. The van der Waals surface area contributed by atoms with Gasteiger partial charge >= 0.3 is 5.97 Å². The summed E-state index contributed by atoms with van der Waals surface area (Å²) in [5, 5.41) is 9.31. The molecule has 0 aliphatic carbocycles. The first kappa shape index (κ1) is 13.5. The molecule has 3 heteroatoms. The van der Waals surface area contributed by atoms with E-state index in [9.17, 15) is 9.90 Å². The second-order valence-electron chi connectivity index (χ2n) is 4.24. The normalized spacial score (nSPS) is 14.1. The largest absolute Gasteiger partial charge is 0.479 e. The van der Waals surface area contributed by atoms with E-state index in [0.29, 0.717) is 5.56 Å². The highest BCUT2D eigenvalue weighted by atomic mass is 16.5. The van der Waals surface area contributed by atoms with Crippen LogP contribution in [0.4, 0.5) is 0 Å². The van der Waals surface area contributed by atoms with Crippen molar-refractivity contribution in [1.82, 2.24) is 0 Å². The molecule has 0 spiro atoms. The van der Waals surface area contributed by atoms with Crippen LogP contribution < -0.4 is 0 Å². The predicted octanol–water partition coefficient (Wildman–Crippen LogP) is 2.81. The molecule has 0 aliphatic heterocycles. The number of carboxylic acid groups (broad SMARTS) is 1. The maximum atomic E-state index is 11.4. The minimum atomic E-state index is -1.33. The number of carbonyl (C=O) groups is 1. The zero-order valence-electron chi connectivity index (χ0n) is 10.5. The second-order valence-corrected chi connectivity index (χ2v) is 4.24. The van der Waals surface area contributed by atoms with E-state index in [4.69, 9.17) is 4.74 Å². The number of aliphatic carboxylic acids is 1. The van der Waals surface area contributed by atoms with Gasteiger partial charge in [-0.3, -0.25) is 0 Å². The Hall–Kier alpha value is -1.61. The van der Waals surface area contributed by atoms with E-state index in [0.717, 1.165) is 11.1 Å². The van der Waals surface area contributed by atoms with Crippen molar-refractivity contribution < 1.29 is 14.6 Å². The number of benzene rings is 1. The average Bonchev–Trinajstić information content (AvgIpc) is 2.29. The fourth-order valence-corrected chi connectivity index (χ4v) is 1.53. The number of hydrogen-bond donors (Lipinski definition) is 1. The zero-order valence-corrected chi connectivity index (χ0v) is 10.5. The van der Waals surface area contributed by atoms with Gasteiger partial charge in [-0.2, -0.15) is 0 Å². The Balaban J connectivity index is 3.17. The molecule has 0 amide bonds. The third-order valence-corrected chi connectivity index (χ3v) is 2.96. The summed E-state index contributed by atoms with van der Waals surface area (Å²) in [6.07, 6.45) is 1.54. The van der Waals surface area contributed by atoms with Gasteiger partial charge in [-0.25, -0.2) is 4.79 Å². The molecule has 0 saturated carbocycles. The Morgan fingerprint density at radius 3 is 2.59 bits per heavy atom. The van der Waals surface area contributed by atoms with Crippen LogP contribution in [0.25, 0.3) is 0 Å². The molecule has 0 saturated heterocycles. The third-order valence-electron chi connectivity index (χ3n) is 2.96. The van der Waals surface area contributed by atoms with Gasteiger partial charge < -0.3 is 9.84 Å². The van der Waals surface area contributed by atoms with Crippen LogP contribution in [0.15, 0.2) is 30.9 Å². The van der Waals surface area contributed by atoms with Crippen molar-refractivity contribution in [2.24, 2.45) is 0 Å². The van der Waals surface area contributed by atoms with Crippen molar-refractivity contribution in [3.05, 3.63) is 47.5 Å². The number of ether oxygens (including phenoxy) is 1. The van der Waals surface area contributed by atoms with Gasteiger partial charge in [0.05, 0.1) is 6.61 Å². The van der Waals surface area contributed by atoms with Crippen LogP contribution in [0.1, 0.15) is 23.6 Å². The topological polar surface area (TPSA) is 46.5 Å². The first-order valence-electron chi connectivity index (χ1n) is 5.48. The Kier molecular flexibility index (Phi) is 4.07. The molecule has 0 fully saturated rings. The lowest BCUT2D eigenvalue weighted by molar-refractivity contribution is -0.163. The van der Waals surface area contributed by atoms with E-state index in [1.807, 2.05) is 26.0 Å². The first-order chi connectivity index (χ1) is 7.91. The van der Waals surface area contributed by atoms with Crippen molar-refractivity contribution in [2.45, 2.75) is 26.4 Å². The van der Waals surface area contributed by atoms with Crippen LogP contribution in [0.2, 0.25) is 0 Å². The Morgan fingerprint density at radius 2 is 2.12 bits per heavy atom. The molecule has 1 atom stereocenters. The highest BCUT2D eigenvalue weighted by Crippen LogP contribution is 2.27. The SMILES string of the molecule is C=CCOC(C)(C(=O)O)c1ccc(C)c(C)c1. The summed E-state index contributed by atoms with van der Waals surface area (Å²) in [6.45, 7) is 9.23. The van der Waals surface area contributed by atoms with Crippen molar-refractivity contribution >= 4 is 5.97 Å². The van der Waals surface area contributed by atoms with Crippen molar-refractivity contribution in [3.8, 4) is 0 Å². The fraction of sp³-hybridized carbons (Fsp3) is 0.357. The van der Waals surface area contributed by atoms with E-state index in [-0.39, 0.29) is 6.61 Å². The van der Waals surface area contributed by atoms with Crippen LogP contribution in [-0.4, -0.2) is 17.7 Å². The molecular weight excluding hydrogens is 216 g/mol. The molecule has 1 unspecified atom stereocenters. The second kappa shape index (κ2) is 5.15. The fourth-order valence-electron chi connectivity index (χ4n) is 1.53. The average molecular weight is 234 g/mol. The first-order valence-corrected chi connectivity index (χ1v) is 5.48. The maximum absolute atomic E-state index is 11.4. The van der Waals surface area contributed by atoms with Gasteiger partial charge in [-0.1, -0.05) is 24.3 Å². The predicted molar refractivity (Wildman–Crippen MR) is 67.1 cm³/mol. The van der Waals surface area contributed by atoms with E-state index in [1.54, 1.807) is 19.1 Å². The van der Waals surface area contributed by atoms with E-state index in [2.05, 4.69) is 6.58 Å². The summed E-state index contributed by atoms with van der Waals surface area (Å²) < 4.78 is 5.40. The molecule has 1 aromatic rings. The van der Waals surface area contributed by atoms with Crippen LogP contribution in [0.5, 0.6) is 0 Å². The molecular formula is C14H18O3. The van der Waals surface area contributed by atoms with E-state index >= 15 is 0 Å². The molecule has 0 radical (unpaired) electrons. The Labute approximate surface area is 102 Å². The van der Waals surface area contributed by atoms with Crippen molar-refractivity contribution in [2.75, 3.05) is 6.61 Å². The Bertz CT molecular complexity index is 437. The molecule has 3 nitrogen and oxygen atoms in total. The smallest absolute Gasteiger partial charge is 0.340 e. The molecule has 1 aromatic carbocycles. The van der Waals surface area contributed by atoms with Gasteiger partial charge in [0.25, 0.3) is 0 Å². The number of carboxylic acids is 1. The van der Waals surface area contributed by atoms with Gasteiger partial charge in [-0.05, 0) is 37.5 Å². The molecule has 1 rings (SSSR count). The van der Waals surface area contributed by atoms with Gasteiger partial charge in [-0.15, -0.1) is 6.58 Å². The summed E-state index contributed by atoms with van der Waals surface area (Å²) in [7, 11) is 0. The highest BCUT2D eigenvalue weighted by Gasteiger charge is 2.36. The minimum absolute atomic E-state index is 0.204. The molecule has 92 valence electrons. The van der Waals surface area contributed by atoms with Crippen molar-refractivity contribution in [3.63, 3.8) is 0 Å². The lowest BCUT2D eigenvalue weighted by atomic mass is 9.93. The summed E-state index contributed by atoms with van der Waals surface area (Å²) in [5.41, 5.74) is 1.50. The quantitative estimate of drug-likeness (QED) is 0.797. The molecule has 0 aromatic heterocycles. The lowest BCUT2D eigenvalue weighted by Gasteiger charge is -2.25. The monoisotopic (exact) mass is 234 g/mol. The van der Waals surface area contributed by atoms with Gasteiger partial charge in [0, 0.05) is 0 Å². The number of hydrogen-bond acceptors (Lipinski definition) is 2. The molecule has 0 heterocycles. The summed E-state index contributed by atoms with van der Waals surface area (Å²) >= 11 is 0. The molecule has 0 aliphatic rings. The van der Waals surface area contributed by atoms with Crippen LogP contribution in [0, 0.1) is 13.8 Å². The minimum Gasteiger partial charge on any atom is -0.479 e. The summed E-state index contributed by atoms with van der Waals surface area (Å²) in [4.78, 5) is 11.4. The Morgan fingerprint density at radius 1 is 1.47 bits per heavy atom. The lowest BCUT2D eigenvalue weighted by Crippen LogP contribution is -2.35. The number of rotatable bonds is 5. The van der Waals surface area contributed by atoms with E-state index in [1.165, 1.54) is 0 Å². The van der Waals surface area contributed by atoms with E-state index < -0.39 is 11.6 Å². The highest BCUT2D eigenvalue weighted by molar-refractivity contribution is 5.79. The van der Waals surface area contributed by atoms with Crippen molar-refractivity contribution in [1.29, 1.82) is 0 Å². The summed E-state index contributed by atoms with van der Waals surface area (Å²) in [6, 6.07) is 5.55. The van der Waals surface area contributed by atoms with Crippen LogP contribution in [0.3, 0.4) is 0 Å². The standard InChI is InChI=1S/C14H18O3/c1-5-8-17-14(4,13(15)16)12-7-6-10(2)11(3)9-12/h5-7,9H,1,8H2,2-4H3,(H,15,16). The number of aryl methyl sites for hydroxylation is 2. The zero-order chi connectivity index (χ0) is 13.1. The van der Waals surface area contributed by atoms with Gasteiger partial charge in [0.15, 0.2) is 5.60 Å². The molecule has 0 bridgehead atoms. The van der Waals surface area contributed by atoms with Crippen LogP contribution >= 0.6 is 0 Å². The maximum Gasteiger partial charge on any atom is 0.340 e.